The van der Waals surface area contributed by atoms with Crippen LogP contribution in [-0.2, 0) is 10.0 Å². The SMILES string of the molecule is O=C(CN(c1ccccc1)S(=O)(=O)c1ccc(Cl)c([N+](=O)[O-])c1)c1c[nH]c2ccccc12. The average molecular weight is 470 g/mol. The van der Waals surface area contributed by atoms with Gasteiger partial charge < -0.3 is 4.98 Å². The second-order valence-electron chi connectivity index (χ2n) is 6.89. The van der Waals surface area contributed by atoms with Crippen molar-refractivity contribution in [3.05, 3.63) is 99.7 Å². The molecule has 1 N–H and O–H groups in total. The highest BCUT2D eigenvalue weighted by Crippen LogP contribution is 2.31. The van der Waals surface area contributed by atoms with Crippen molar-refractivity contribution in [1.29, 1.82) is 0 Å². The van der Waals surface area contributed by atoms with Crippen molar-refractivity contribution in [3.63, 3.8) is 0 Å². The van der Waals surface area contributed by atoms with E-state index < -0.39 is 33.0 Å². The van der Waals surface area contributed by atoms with Gasteiger partial charge in [0, 0.05) is 28.7 Å². The van der Waals surface area contributed by atoms with Crippen LogP contribution < -0.4 is 4.31 Å². The third-order valence-corrected chi connectivity index (χ3v) is 7.01. The number of aromatic nitrogens is 1. The van der Waals surface area contributed by atoms with Crippen LogP contribution in [-0.4, -0.2) is 30.7 Å². The molecule has 4 aromatic rings. The van der Waals surface area contributed by atoms with Crippen LogP contribution in [0.5, 0.6) is 0 Å². The zero-order chi connectivity index (χ0) is 22.9. The molecule has 1 heterocycles. The minimum absolute atomic E-state index is 0.185. The van der Waals surface area contributed by atoms with Gasteiger partial charge >= 0.3 is 0 Å². The molecule has 0 atom stereocenters. The van der Waals surface area contributed by atoms with Gasteiger partial charge in [0.05, 0.1) is 22.1 Å². The Morgan fingerprint density at radius 3 is 2.44 bits per heavy atom. The molecule has 4 rings (SSSR count). The summed E-state index contributed by atoms with van der Waals surface area (Å²) in [5.41, 5.74) is 0.805. The molecule has 0 amide bonds. The number of H-pyrrole nitrogens is 1. The molecule has 0 fully saturated rings. The highest BCUT2D eigenvalue weighted by atomic mass is 35.5. The second kappa shape index (κ2) is 8.45. The quantitative estimate of drug-likeness (QED) is 0.237. The second-order valence-corrected chi connectivity index (χ2v) is 9.16. The Bertz CT molecular complexity index is 1430. The largest absolute Gasteiger partial charge is 0.360 e. The number of rotatable bonds is 7. The van der Waals surface area contributed by atoms with Gasteiger partial charge in [-0.1, -0.05) is 48.0 Å². The Balaban J connectivity index is 1.79. The molecule has 8 nitrogen and oxygen atoms in total. The molecule has 162 valence electrons. The van der Waals surface area contributed by atoms with Crippen LogP contribution in [0.2, 0.25) is 5.02 Å². The van der Waals surface area contributed by atoms with E-state index in [9.17, 15) is 23.3 Å². The number of halogens is 1. The summed E-state index contributed by atoms with van der Waals surface area (Å²) in [5.74, 6) is -0.432. The van der Waals surface area contributed by atoms with E-state index in [1.807, 2.05) is 12.1 Å². The summed E-state index contributed by atoms with van der Waals surface area (Å²) in [5, 5.41) is 11.7. The number of hydrogen-bond donors (Lipinski definition) is 1. The number of ketones is 1. The van der Waals surface area contributed by atoms with Crippen LogP contribution in [0.25, 0.3) is 10.9 Å². The van der Waals surface area contributed by atoms with Crippen LogP contribution in [0.4, 0.5) is 11.4 Å². The molecule has 0 aliphatic rings. The fourth-order valence-corrected chi connectivity index (χ4v) is 4.98. The van der Waals surface area contributed by atoms with Gasteiger partial charge in [0.15, 0.2) is 5.78 Å². The maximum Gasteiger partial charge on any atom is 0.289 e. The maximum absolute atomic E-state index is 13.5. The number of benzene rings is 3. The molecular weight excluding hydrogens is 454 g/mol. The van der Waals surface area contributed by atoms with Gasteiger partial charge in [-0.2, -0.15) is 0 Å². The first-order chi connectivity index (χ1) is 15.3. The molecule has 10 heteroatoms. The van der Waals surface area contributed by atoms with E-state index in [0.717, 1.165) is 22.0 Å². The molecule has 0 aliphatic heterocycles. The fourth-order valence-electron chi connectivity index (χ4n) is 3.35. The summed E-state index contributed by atoms with van der Waals surface area (Å²) in [6.45, 7) is -0.495. The van der Waals surface area contributed by atoms with Crippen LogP contribution in [0, 0.1) is 10.1 Å². The Labute approximate surface area is 188 Å². The zero-order valence-electron chi connectivity index (χ0n) is 16.4. The van der Waals surface area contributed by atoms with Crippen molar-refractivity contribution >= 4 is 49.7 Å². The van der Waals surface area contributed by atoms with E-state index in [4.69, 9.17) is 11.6 Å². The number of anilines is 1. The third kappa shape index (κ3) is 3.95. The molecule has 0 radical (unpaired) electrons. The van der Waals surface area contributed by atoms with Crippen molar-refractivity contribution in [2.45, 2.75) is 4.90 Å². The summed E-state index contributed by atoms with van der Waals surface area (Å²) in [6, 6.07) is 18.5. The molecule has 0 spiro atoms. The first-order valence-corrected chi connectivity index (χ1v) is 11.2. The molecule has 0 saturated carbocycles. The van der Waals surface area contributed by atoms with E-state index in [1.165, 1.54) is 12.3 Å². The number of sulfonamides is 1. The minimum Gasteiger partial charge on any atom is -0.360 e. The smallest absolute Gasteiger partial charge is 0.289 e. The van der Waals surface area contributed by atoms with E-state index in [1.54, 1.807) is 42.5 Å². The van der Waals surface area contributed by atoms with Gasteiger partial charge in [0.1, 0.15) is 5.02 Å². The predicted octanol–water partition coefficient (Wildman–Crippen LogP) is 4.81. The summed E-state index contributed by atoms with van der Waals surface area (Å²) < 4.78 is 27.9. The third-order valence-electron chi connectivity index (χ3n) is 4.92. The lowest BCUT2D eigenvalue weighted by Crippen LogP contribution is -2.35. The Kier molecular flexibility index (Phi) is 5.68. The minimum atomic E-state index is -4.33. The number of nitro benzene ring substituents is 1. The average Bonchev–Trinajstić information content (AvgIpc) is 3.22. The normalized spacial score (nSPS) is 11.4. The summed E-state index contributed by atoms with van der Waals surface area (Å²) in [6.07, 6.45) is 1.54. The van der Waals surface area contributed by atoms with Crippen LogP contribution >= 0.6 is 11.6 Å². The van der Waals surface area contributed by atoms with Crippen molar-refractivity contribution < 1.29 is 18.1 Å². The highest BCUT2D eigenvalue weighted by molar-refractivity contribution is 7.92. The molecule has 32 heavy (non-hydrogen) atoms. The summed E-state index contributed by atoms with van der Waals surface area (Å²) >= 11 is 5.84. The van der Waals surface area contributed by atoms with E-state index >= 15 is 0 Å². The topological polar surface area (TPSA) is 113 Å². The lowest BCUT2D eigenvalue weighted by Gasteiger charge is -2.24. The first-order valence-electron chi connectivity index (χ1n) is 9.40. The monoisotopic (exact) mass is 469 g/mol. The maximum atomic E-state index is 13.5. The number of aromatic amines is 1. The fraction of sp³-hybridized carbons (Fsp3) is 0.0455. The van der Waals surface area contributed by atoms with Gasteiger partial charge in [0.25, 0.3) is 15.7 Å². The number of carbonyl (C=O) groups is 1. The number of nitro groups is 1. The van der Waals surface area contributed by atoms with Crippen molar-refractivity contribution in [2.24, 2.45) is 0 Å². The number of fused-ring (bicyclic) bond motifs is 1. The summed E-state index contributed by atoms with van der Waals surface area (Å²) in [4.78, 5) is 26.3. The highest BCUT2D eigenvalue weighted by Gasteiger charge is 2.30. The Morgan fingerprint density at radius 1 is 1.03 bits per heavy atom. The Hall–Kier alpha value is -3.69. The Morgan fingerprint density at radius 2 is 1.72 bits per heavy atom. The molecular formula is C22H16ClN3O5S. The van der Waals surface area contributed by atoms with Gasteiger partial charge in [0.2, 0.25) is 0 Å². The lowest BCUT2D eigenvalue weighted by molar-refractivity contribution is -0.384. The molecule has 3 aromatic carbocycles. The zero-order valence-corrected chi connectivity index (χ0v) is 18.0. The molecule has 0 bridgehead atoms. The number of Topliss-reactive ketones (excluding diaryl/α,β-unsaturated/α-hetero) is 1. The van der Waals surface area contributed by atoms with Gasteiger partial charge in [-0.05, 0) is 30.3 Å². The van der Waals surface area contributed by atoms with Crippen LogP contribution in [0.15, 0.2) is 83.9 Å². The first kappa shape index (κ1) is 21.5. The molecule has 0 unspecified atom stereocenters. The van der Waals surface area contributed by atoms with Crippen molar-refractivity contribution in [1.82, 2.24) is 4.98 Å². The van der Waals surface area contributed by atoms with E-state index in [-0.39, 0.29) is 15.6 Å². The number of carbonyl (C=O) groups excluding carboxylic acids is 1. The molecule has 1 aromatic heterocycles. The summed E-state index contributed by atoms with van der Waals surface area (Å²) in [7, 11) is -4.33. The number of para-hydroxylation sites is 2. The number of hydrogen-bond acceptors (Lipinski definition) is 5. The molecule has 0 saturated heterocycles. The van der Waals surface area contributed by atoms with Crippen molar-refractivity contribution in [2.75, 3.05) is 10.8 Å². The van der Waals surface area contributed by atoms with Crippen molar-refractivity contribution in [3.8, 4) is 0 Å². The lowest BCUT2D eigenvalue weighted by atomic mass is 10.1. The van der Waals surface area contributed by atoms with Crippen LogP contribution in [0.1, 0.15) is 10.4 Å². The number of nitrogens with one attached hydrogen (secondary N) is 1. The molecule has 0 aliphatic carbocycles. The van der Waals surface area contributed by atoms with Gasteiger partial charge in [-0.3, -0.25) is 19.2 Å². The number of nitrogens with zero attached hydrogens (tertiary/aromatic N) is 2. The van der Waals surface area contributed by atoms with Crippen LogP contribution in [0.3, 0.4) is 0 Å². The van der Waals surface area contributed by atoms with Gasteiger partial charge in [-0.25, -0.2) is 8.42 Å². The standard InChI is InChI=1S/C22H16ClN3O5S/c23-19-11-10-16(12-21(19)26(28)29)32(30,31)25(15-6-2-1-3-7-15)14-22(27)18-13-24-20-9-5-4-8-17(18)20/h1-13,24H,14H2. The predicted molar refractivity (Wildman–Crippen MR) is 122 cm³/mol. The van der Waals surface area contributed by atoms with E-state index in [2.05, 4.69) is 4.98 Å². The van der Waals surface area contributed by atoms with E-state index in [0.29, 0.717) is 10.9 Å². The van der Waals surface area contributed by atoms with Gasteiger partial charge in [-0.15, -0.1) is 0 Å².